The van der Waals surface area contributed by atoms with Crippen LogP contribution in [0.25, 0.3) is 0 Å². The number of carbonyl (C=O) groups excluding carboxylic acids is 1. The first kappa shape index (κ1) is 18.1. The SMILES string of the molecule is COc1cccc(CSCC(=O)Nc2ccc([N+](=O)[O-])cc2Cl)c1. The molecule has 0 aliphatic heterocycles. The fraction of sp³-hybridized carbons (Fsp3) is 0.188. The van der Waals surface area contributed by atoms with Crippen molar-refractivity contribution in [3.63, 3.8) is 0 Å². The summed E-state index contributed by atoms with van der Waals surface area (Å²) in [5.41, 5.74) is 1.29. The number of non-ortho nitro benzene ring substituents is 1. The van der Waals surface area contributed by atoms with Gasteiger partial charge < -0.3 is 10.1 Å². The van der Waals surface area contributed by atoms with E-state index in [9.17, 15) is 14.9 Å². The van der Waals surface area contributed by atoms with Crippen LogP contribution >= 0.6 is 23.4 Å². The number of methoxy groups -OCH3 is 1. The molecule has 126 valence electrons. The van der Waals surface area contributed by atoms with Crippen molar-refractivity contribution in [1.29, 1.82) is 0 Å². The molecule has 0 spiro atoms. The summed E-state index contributed by atoms with van der Waals surface area (Å²) in [7, 11) is 1.60. The maximum atomic E-state index is 11.9. The highest BCUT2D eigenvalue weighted by atomic mass is 35.5. The van der Waals surface area contributed by atoms with E-state index in [4.69, 9.17) is 16.3 Å². The number of nitrogens with one attached hydrogen (secondary N) is 1. The number of nitro groups is 1. The van der Waals surface area contributed by atoms with Crippen molar-refractivity contribution < 1.29 is 14.5 Å². The number of halogens is 1. The third-order valence-corrected chi connectivity index (χ3v) is 4.39. The molecule has 6 nitrogen and oxygen atoms in total. The Morgan fingerprint density at radius 2 is 2.12 bits per heavy atom. The second-order valence-corrected chi connectivity index (χ2v) is 6.21. The van der Waals surface area contributed by atoms with Gasteiger partial charge in [-0.15, -0.1) is 11.8 Å². The Bertz CT molecular complexity index is 755. The number of hydrogen-bond acceptors (Lipinski definition) is 5. The molecule has 0 fully saturated rings. The number of thioether (sulfide) groups is 1. The number of nitrogens with zero attached hydrogens (tertiary/aromatic N) is 1. The molecule has 24 heavy (non-hydrogen) atoms. The predicted molar refractivity (Wildman–Crippen MR) is 95.9 cm³/mol. The molecule has 0 bridgehead atoms. The quantitative estimate of drug-likeness (QED) is 0.588. The van der Waals surface area contributed by atoms with Crippen molar-refractivity contribution in [2.45, 2.75) is 5.75 Å². The normalized spacial score (nSPS) is 10.2. The summed E-state index contributed by atoms with van der Waals surface area (Å²) in [6.45, 7) is 0. The van der Waals surface area contributed by atoms with Crippen LogP contribution in [0.2, 0.25) is 5.02 Å². The van der Waals surface area contributed by atoms with Gasteiger partial charge in [0, 0.05) is 17.9 Å². The van der Waals surface area contributed by atoms with Gasteiger partial charge in [0.2, 0.25) is 5.91 Å². The molecule has 2 rings (SSSR count). The fourth-order valence-electron chi connectivity index (χ4n) is 1.93. The van der Waals surface area contributed by atoms with E-state index in [0.29, 0.717) is 11.4 Å². The summed E-state index contributed by atoms with van der Waals surface area (Å²) in [4.78, 5) is 22.1. The first-order valence-corrected chi connectivity index (χ1v) is 8.47. The predicted octanol–water partition coefficient (Wildman–Crippen LogP) is 4.13. The van der Waals surface area contributed by atoms with E-state index < -0.39 is 4.92 Å². The lowest BCUT2D eigenvalue weighted by atomic mass is 10.2. The van der Waals surface area contributed by atoms with Gasteiger partial charge in [-0.25, -0.2) is 0 Å². The van der Waals surface area contributed by atoms with Crippen molar-refractivity contribution >= 4 is 40.6 Å². The molecule has 0 aliphatic rings. The van der Waals surface area contributed by atoms with E-state index >= 15 is 0 Å². The van der Waals surface area contributed by atoms with E-state index in [2.05, 4.69) is 5.32 Å². The highest BCUT2D eigenvalue weighted by molar-refractivity contribution is 7.99. The number of ether oxygens (including phenoxy) is 1. The minimum absolute atomic E-state index is 0.120. The molecular weight excluding hydrogens is 352 g/mol. The number of benzene rings is 2. The van der Waals surface area contributed by atoms with Gasteiger partial charge in [0.05, 0.1) is 28.5 Å². The molecule has 0 aliphatic carbocycles. The highest BCUT2D eigenvalue weighted by Gasteiger charge is 2.11. The molecule has 8 heteroatoms. The Balaban J connectivity index is 1.86. The van der Waals surface area contributed by atoms with Gasteiger partial charge >= 0.3 is 0 Å². The largest absolute Gasteiger partial charge is 0.497 e. The average molecular weight is 367 g/mol. The summed E-state index contributed by atoms with van der Waals surface area (Å²) < 4.78 is 5.15. The third-order valence-electron chi connectivity index (χ3n) is 3.07. The van der Waals surface area contributed by atoms with Crippen LogP contribution in [0.5, 0.6) is 5.75 Å². The molecule has 0 atom stereocenters. The molecule has 0 saturated heterocycles. The van der Waals surface area contributed by atoms with Crippen molar-refractivity contribution in [2.75, 3.05) is 18.2 Å². The molecule has 1 N–H and O–H groups in total. The van der Waals surface area contributed by atoms with Crippen LogP contribution in [-0.2, 0) is 10.5 Å². The van der Waals surface area contributed by atoms with Crippen molar-refractivity contribution in [1.82, 2.24) is 0 Å². The Morgan fingerprint density at radius 1 is 1.33 bits per heavy atom. The first-order valence-electron chi connectivity index (χ1n) is 6.94. The van der Waals surface area contributed by atoms with Crippen molar-refractivity contribution in [3.05, 3.63) is 63.2 Å². The summed E-state index contributed by atoms with van der Waals surface area (Å²) in [6, 6.07) is 11.6. The maximum absolute atomic E-state index is 11.9. The molecule has 0 aromatic heterocycles. The second kappa shape index (κ2) is 8.56. The molecule has 0 heterocycles. The number of hydrogen-bond donors (Lipinski definition) is 1. The number of amides is 1. The molecule has 0 radical (unpaired) electrons. The molecular formula is C16H15ClN2O4S. The number of anilines is 1. The number of nitro benzene ring substituents is 1. The van der Waals surface area contributed by atoms with Gasteiger partial charge in [-0.2, -0.15) is 0 Å². The van der Waals surface area contributed by atoms with E-state index in [-0.39, 0.29) is 22.4 Å². The zero-order valence-corrected chi connectivity index (χ0v) is 14.4. The molecule has 0 unspecified atom stereocenters. The lowest BCUT2D eigenvalue weighted by molar-refractivity contribution is -0.384. The lowest BCUT2D eigenvalue weighted by Gasteiger charge is -2.07. The van der Waals surface area contributed by atoms with Crippen LogP contribution in [0.3, 0.4) is 0 Å². The Labute approximate surface area is 148 Å². The Kier molecular flexibility index (Phi) is 6.45. The van der Waals surface area contributed by atoms with Gasteiger partial charge in [0.15, 0.2) is 0 Å². The van der Waals surface area contributed by atoms with E-state index in [1.807, 2.05) is 24.3 Å². The summed E-state index contributed by atoms with van der Waals surface area (Å²) in [6.07, 6.45) is 0. The standard InChI is InChI=1S/C16H15ClN2O4S/c1-23-13-4-2-3-11(7-13)9-24-10-16(20)18-15-6-5-12(19(21)22)8-14(15)17/h2-8H,9-10H2,1H3,(H,18,20). The molecule has 2 aromatic rings. The minimum Gasteiger partial charge on any atom is -0.497 e. The van der Waals surface area contributed by atoms with Crippen molar-refractivity contribution in [3.8, 4) is 5.75 Å². The van der Waals surface area contributed by atoms with Gasteiger partial charge in [-0.3, -0.25) is 14.9 Å². The monoisotopic (exact) mass is 366 g/mol. The topological polar surface area (TPSA) is 81.5 Å². The number of rotatable bonds is 7. The van der Waals surface area contributed by atoms with Crippen LogP contribution < -0.4 is 10.1 Å². The van der Waals surface area contributed by atoms with E-state index in [1.165, 1.54) is 30.0 Å². The zero-order valence-electron chi connectivity index (χ0n) is 12.8. The third kappa shape index (κ3) is 5.14. The van der Waals surface area contributed by atoms with Crippen LogP contribution in [0.1, 0.15) is 5.56 Å². The first-order chi connectivity index (χ1) is 11.5. The fourth-order valence-corrected chi connectivity index (χ4v) is 2.93. The van der Waals surface area contributed by atoms with Crippen LogP contribution in [0.15, 0.2) is 42.5 Å². The summed E-state index contributed by atoms with van der Waals surface area (Å²) in [5, 5.41) is 13.4. The minimum atomic E-state index is -0.540. The highest BCUT2D eigenvalue weighted by Crippen LogP contribution is 2.27. The molecule has 0 saturated carbocycles. The zero-order chi connectivity index (χ0) is 17.5. The van der Waals surface area contributed by atoms with E-state index in [1.54, 1.807) is 7.11 Å². The summed E-state index contributed by atoms with van der Waals surface area (Å²) >= 11 is 7.39. The Hall–Kier alpha value is -2.25. The maximum Gasteiger partial charge on any atom is 0.271 e. The van der Waals surface area contributed by atoms with Crippen LogP contribution in [0, 0.1) is 10.1 Å². The van der Waals surface area contributed by atoms with Gasteiger partial charge in [0.1, 0.15) is 5.75 Å². The van der Waals surface area contributed by atoms with Gasteiger partial charge in [-0.05, 0) is 23.8 Å². The second-order valence-electron chi connectivity index (χ2n) is 4.81. The van der Waals surface area contributed by atoms with E-state index in [0.717, 1.165) is 11.3 Å². The Morgan fingerprint density at radius 3 is 2.79 bits per heavy atom. The van der Waals surface area contributed by atoms with Crippen molar-refractivity contribution in [2.24, 2.45) is 0 Å². The lowest BCUT2D eigenvalue weighted by Crippen LogP contribution is -2.14. The summed E-state index contributed by atoms with van der Waals surface area (Å²) in [5.74, 6) is 1.46. The van der Waals surface area contributed by atoms with Crippen LogP contribution in [-0.4, -0.2) is 23.7 Å². The smallest absolute Gasteiger partial charge is 0.271 e. The molecule has 1 amide bonds. The number of carbonyl (C=O) groups is 1. The van der Waals surface area contributed by atoms with Crippen LogP contribution in [0.4, 0.5) is 11.4 Å². The molecule has 2 aromatic carbocycles. The van der Waals surface area contributed by atoms with Gasteiger partial charge in [0.25, 0.3) is 5.69 Å². The average Bonchev–Trinajstić information content (AvgIpc) is 2.56. The van der Waals surface area contributed by atoms with Gasteiger partial charge in [-0.1, -0.05) is 23.7 Å².